The van der Waals surface area contributed by atoms with Crippen LogP contribution in [0.4, 0.5) is 11.5 Å². The first kappa shape index (κ1) is 13.6. The van der Waals surface area contributed by atoms with E-state index >= 15 is 0 Å². The first-order valence-electron chi connectivity index (χ1n) is 6.31. The summed E-state index contributed by atoms with van der Waals surface area (Å²) in [4.78, 5) is 15.6. The molecule has 0 aromatic carbocycles. The predicted molar refractivity (Wildman–Crippen MR) is 72.0 cm³/mol. The first-order chi connectivity index (χ1) is 9.11. The van der Waals surface area contributed by atoms with Gasteiger partial charge in [-0.1, -0.05) is 0 Å². The van der Waals surface area contributed by atoms with Crippen LogP contribution >= 0.6 is 0 Å². The molecular weight excluding hydrogens is 246 g/mol. The Hall–Kier alpha value is -1.82. The molecule has 3 N–H and O–H groups in total. The second kappa shape index (κ2) is 5.88. The maximum atomic E-state index is 11.4. The molecule has 6 nitrogen and oxygen atoms in total. The maximum Gasteiger partial charge on any atom is 0.356 e. The summed E-state index contributed by atoms with van der Waals surface area (Å²) in [5, 5.41) is 3.25. The lowest BCUT2D eigenvalue weighted by Crippen LogP contribution is -2.27. The van der Waals surface area contributed by atoms with Gasteiger partial charge >= 0.3 is 5.97 Å². The Morgan fingerprint density at radius 2 is 2.42 bits per heavy atom. The zero-order valence-corrected chi connectivity index (χ0v) is 11.2. The Morgan fingerprint density at radius 3 is 3.05 bits per heavy atom. The summed E-state index contributed by atoms with van der Waals surface area (Å²) in [5.41, 5.74) is 6.63. The van der Waals surface area contributed by atoms with E-state index in [-0.39, 0.29) is 11.7 Å². The van der Waals surface area contributed by atoms with Crippen molar-refractivity contribution in [1.29, 1.82) is 0 Å². The highest BCUT2D eigenvalue weighted by Gasteiger charge is 2.23. The number of hydrogen-bond acceptors (Lipinski definition) is 6. The zero-order valence-electron chi connectivity index (χ0n) is 11.2. The number of nitrogens with two attached hydrogens (primary N) is 1. The lowest BCUT2D eigenvalue weighted by molar-refractivity contribution is 0.0594. The molecule has 2 heterocycles. The van der Waals surface area contributed by atoms with Gasteiger partial charge in [0.25, 0.3) is 0 Å². The molecule has 0 spiro atoms. The van der Waals surface area contributed by atoms with Crippen LogP contribution in [0.2, 0.25) is 0 Å². The molecule has 1 aromatic rings. The quantitative estimate of drug-likeness (QED) is 0.798. The van der Waals surface area contributed by atoms with E-state index in [0.29, 0.717) is 17.4 Å². The Labute approximate surface area is 112 Å². The number of esters is 1. The number of methoxy groups -OCH3 is 1. The molecule has 19 heavy (non-hydrogen) atoms. The number of rotatable bonds is 4. The lowest BCUT2D eigenvalue weighted by atomic mass is 10.0. The van der Waals surface area contributed by atoms with Gasteiger partial charge in [0.05, 0.1) is 19.4 Å². The number of ether oxygens (including phenoxy) is 2. The van der Waals surface area contributed by atoms with Crippen molar-refractivity contribution in [3.63, 3.8) is 0 Å². The minimum absolute atomic E-state index is 0.185. The molecule has 1 aliphatic heterocycles. The molecular formula is C13H19N3O3. The molecule has 2 atom stereocenters. The normalized spacial score (nSPS) is 20.0. The van der Waals surface area contributed by atoms with Gasteiger partial charge in [0.2, 0.25) is 0 Å². The van der Waals surface area contributed by atoms with Gasteiger partial charge in [-0.2, -0.15) is 0 Å². The summed E-state index contributed by atoms with van der Waals surface area (Å²) in [7, 11) is 1.33. The van der Waals surface area contributed by atoms with Crippen LogP contribution in [-0.4, -0.2) is 37.3 Å². The molecule has 0 aliphatic carbocycles. The second-order valence-electron chi connectivity index (χ2n) is 4.68. The number of carbonyl (C=O) groups is 1. The number of carbonyl (C=O) groups excluding carboxylic acids is 1. The number of aromatic nitrogens is 1. The van der Waals surface area contributed by atoms with Crippen LogP contribution in [0.15, 0.2) is 12.1 Å². The number of nitrogens with one attached hydrogen (secondary N) is 1. The van der Waals surface area contributed by atoms with Crippen molar-refractivity contribution in [3.05, 3.63) is 17.8 Å². The van der Waals surface area contributed by atoms with Crippen molar-refractivity contribution < 1.29 is 14.3 Å². The molecule has 1 saturated heterocycles. The molecule has 0 bridgehead atoms. The third-order valence-electron chi connectivity index (χ3n) is 3.36. The van der Waals surface area contributed by atoms with E-state index < -0.39 is 5.97 Å². The second-order valence-corrected chi connectivity index (χ2v) is 4.68. The van der Waals surface area contributed by atoms with Crippen LogP contribution in [0, 0.1) is 5.92 Å². The van der Waals surface area contributed by atoms with E-state index in [2.05, 4.69) is 22.0 Å². The predicted octanol–water partition coefficient (Wildman–Crippen LogP) is 1.29. The van der Waals surface area contributed by atoms with Crippen molar-refractivity contribution in [3.8, 4) is 0 Å². The van der Waals surface area contributed by atoms with Crippen LogP contribution in [-0.2, 0) is 9.47 Å². The van der Waals surface area contributed by atoms with Crippen molar-refractivity contribution >= 4 is 17.5 Å². The van der Waals surface area contributed by atoms with Gasteiger partial charge in [-0.05, 0) is 25.5 Å². The van der Waals surface area contributed by atoms with Gasteiger partial charge in [0, 0.05) is 18.6 Å². The summed E-state index contributed by atoms with van der Waals surface area (Å²) >= 11 is 0. The molecule has 2 unspecified atom stereocenters. The van der Waals surface area contributed by atoms with Crippen LogP contribution in [0.25, 0.3) is 0 Å². The van der Waals surface area contributed by atoms with Crippen LogP contribution < -0.4 is 11.1 Å². The fraction of sp³-hybridized carbons (Fsp3) is 0.538. The number of pyridine rings is 1. The summed E-state index contributed by atoms with van der Waals surface area (Å²) < 4.78 is 10.0. The minimum Gasteiger partial charge on any atom is -0.464 e. The van der Waals surface area contributed by atoms with Gasteiger partial charge in [0.15, 0.2) is 5.69 Å². The lowest BCUT2D eigenvalue weighted by Gasteiger charge is -2.20. The Balaban J connectivity index is 2.12. The monoisotopic (exact) mass is 265 g/mol. The number of anilines is 2. The summed E-state index contributed by atoms with van der Waals surface area (Å²) in [5.74, 6) is 0.477. The smallest absolute Gasteiger partial charge is 0.356 e. The zero-order chi connectivity index (χ0) is 13.8. The standard InChI is InChI=1S/C13H19N3O3/c1-8(9-5-6-19-7-9)15-12-10(14)3-4-11(16-12)13(17)18-2/h3-4,8-9H,5-7,14H2,1-2H3,(H,15,16). The Kier molecular flexibility index (Phi) is 4.21. The average Bonchev–Trinajstić information content (AvgIpc) is 2.94. The Bertz CT molecular complexity index is 458. The summed E-state index contributed by atoms with van der Waals surface area (Å²) in [6.07, 6.45) is 1.02. The fourth-order valence-corrected chi connectivity index (χ4v) is 2.08. The number of nitrogen functional groups attached to an aromatic ring is 1. The third kappa shape index (κ3) is 3.14. The van der Waals surface area contributed by atoms with Crippen molar-refractivity contribution in [2.45, 2.75) is 19.4 Å². The summed E-state index contributed by atoms with van der Waals surface area (Å²) in [6, 6.07) is 3.39. The first-order valence-corrected chi connectivity index (χ1v) is 6.31. The molecule has 0 saturated carbocycles. The fourth-order valence-electron chi connectivity index (χ4n) is 2.08. The minimum atomic E-state index is -0.472. The van der Waals surface area contributed by atoms with E-state index in [9.17, 15) is 4.79 Å². The molecule has 1 aromatic heterocycles. The van der Waals surface area contributed by atoms with Gasteiger partial charge in [-0.3, -0.25) is 0 Å². The van der Waals surface area contributed by atoms with Gasteiger partial charge < -0.3 is 20.5 Å². The molecule has 0 amide bonds. The number of hydrogen-bond donors (Lipinski definition) is 2. The SMILES string of the molecule is COC(=O)c1ccc(N)c(NC(C)C2CCOC2)n1. The van der Waals surface area contributed by atoms with Crippen LogP contribution in [0.1, 0.15) is 23.8 Å². The molecule has 6 heteroatoms. The third-order valence-corrected chi connectivity index (χ3v) is 3.36. The van der Waals surface area contributed by atoms with Gasteiger partial charge in [-0.25, -0.2) is 9.78 Å². The number of nitrogens with zero attached hydrogens (tertiary/aromatic N) is 1. The van der Waals surface area contributed by atoms with Gasteiger partial charge in [0.1, 0.15) is 5.82 Å². The van der Waals surface area contributed by atoms with Crippen molar-refractivity contribution in [2.75, 3.05) is 31.4 Å². The molecule has 104 valence electrons. The van der Waals surface area contributed by atoms with Crippen molar-refractivity contribution in [1.82, 2.24) is 4.98 Å². The summed E-state index contributed by atoms with van der Waals surface area (Å²) in [6.45, 7) is 3.60. The molecule has 1 fully saturated rings. The van der Waals surface area contributed by atoms with E-state index in [1.54, 1.807) is 12.1 Å². The highest BCUT2D eigenvalue weighted by atomic mass is 16.5. The van der Waals surface area contributed by atoms with E-state index in [4.69, 9.17) is 10.5 Å². The average molecular weight is 265 g/mol. The topological polar surface area (TPSA) is 86.5 Å². The highest BCUT2D eigenvalue weighted by molar-refractivity contribution is 5.88. The highest BCUT2D eigenvalue weighted by Crippen LogP contribution is 2.23. The molecule has 2 rings (SSSR count). The van der Waals surface area contributed by atoms with Gasteiger partial charge in [-0.15, -0.1) is 0 Å². The van der Waals surface area contributed by atoms with Crippen LogP contribution in [0.3, 0.4) is 0 Å². The van der Waals surface area contributed by atoms with E-state index in [0.717, 1.165) is 19.6 Å². The van der Waals surface area contributed by atoms with Crippen LogP contribution in [0.5, 0.6) is 0 Å². The molecule has 0 radical (unpaired) electrons. The largest absolute Gasteiger partial charge is 0.464 e. The molecule has 1 aliphatic rings. The van der Waals surface area contributed by atoms with Crippen molar-refractivity contribution in [2.24, 2.45) is 5.92 Å². The maximum absolute atomic E-state index is 11.4. The van der Waals surface area contributed by atoms with E-state index in [1.807, 2.05) is 0 Å². The Morgan fingerprint density at radius 1 is 1.63 bits per heavy atom. The van der Waals surface area contributed by atoms with E-state index in [1.165, 1.54) is 7.11 Å².